The van der Waals surface area contributed by atoms with Crippen molar-refractivity contribution in [2.75, 3.05) is 10.6 Å². The monoisotopic (exact) mass is 329 g/mol. The van der Waals surface area contributed by atoms with Gasteiger partial charge in [0.15, 0.2) is 0 Å². The number of carbonyl (C=O) groups is 3. The molecule has 0 aromatic heterocycles. The van der Waals surface area contributed by atoms with Gasteiger partial charge in [-0.05, 0) is 30.4 Å². The zero-order chi connectivity index (χ0) is 17.3. The molecule has 128 valence electrons. The van der Waals surface area contributed by atoms with E-state index in [1.54, 1.807) is 6.07 Å². The van der Waals surface area contributed by atoms with Gasteiger partial charge in [-0.25, -0.2) is 0 Å². The van der Waals surface area contributed by atoms with Gasteiger partial charge >= 0.3 is 0 Å². The van der Waals surface area contributed by atoms with Crippen molar-refractivity contribution in [1.82, 2.24) is 5.32 Å². The van der Waals surface area contributed by atoms with Crippen molar-refractivity contribution in [2.45, 2.75) is 45.6 Å². The van der Waals surface area contributed by atoms with Crippen LogP contribution >= 0.6 is 0 Å². The summed E-state index contributed by atoms with van der Waals surface area (Å²) in [5.74, 6) is -0.173. The molecule has 3 N–H and O–H groups in total. The standard InChI is InChI=1S/C18H23N3O3/c1-10(2)6-13-7-12(9-15(22)19-13)18(24)20-14-5-3-4-11-8-16(23)21-17(11)14/h3-5,10,12-13H,6-9H2,1-2H3,(H,19,22)(H,20,24)(H,21,23). The fraction of sp³-hybridized carbons (Fsp3) is 0.500. The normalized spacial score (nSPS) is 22.8. The molecule has 2 aliphatic rings. The first-order valence-corrected chi connectivity index (χ1v) is 8.44. The van der Waals surface area contributed by atoms with E-state index in [-0.39, 0.29) is 36.1 Å². The average Bonchev–Trinajstić information content (AvgIpc) is 2.87. The van der Waals surface area contributed by atoms with Gasteiger partial charge in [-0.3, -0.25) is 14.4 Å². The Labute approximate surface area is 141 Å². The molecular formula is C18H23N3O3. The Morgan fingerprint density at radius 3 is 2.83 bits per heavy atom. The molecule has 2 aliphatic heterocycles. The summed E-state index contributed by atoms with van der Waals surface area (Å²) in [6.07, 6.45) is 2.06. The van der Waals surface area contributed by atoms with Gasteiger partial charge in [0.05, 0.1) is 17.8 Å². The van der Waals surface area contributed by atoms with E-state index in [1.165, 1.54) is 0 Å². The van der Waals surface area contributed by atoms with Crippen LogP contribution in [0, 0.1) is 11.8 Å². The highest BCUT2D eigenvalue weighted by Gasteiger charge is 2.32. The van der Waals surface area contributed by atoms with Crippen LogP contribution in [-0.4, -0.2) is 23.8 Å². The number of anilines is 2. The van der Waals surface area contributed by atoms with Crippen LogP contribution in [0.3, 0.4) is 0 Å². The summed E-state index contributed by atoms with van der Waals surface area (Å²) in [5.41, 5.74) is 2.17. The van der Waals surface area contributed by atoms with Gasteiger partial charge < -0.3 is 16.0 Å². The summed E-state index contributed by atoms with van der Waals surface area (Å²) in [6.45, 7) is 4.21. The number of piperidine rings is 1. The van der Waals surface area contributed by atoms with E-state index >= 15 is 0 Å². The fourth-order valence-electron chi connectivity index (χ4n) is 3.51. The Morgan fingerprint density at radius 2 is 2.08 bits per heavy atom. The molecule has 6 heteroatoms. The number of benzene rings is 1. The quantitative estimate of drug-likeness (QED) is 0.790. The Balaban J connectivity index is 1.70. The SMILES string of the molecule is CC(C)CC1CC(C(=O)Nc2cccc3c2NC(=O)C3)CC(=O)N1. The third-order valence-corrected chi connectivity index (χ3v) is 4.52. The number of fused-ring (bicyclic) bond motifs is 1. The molecule has 0 radical (unpaired) electrons. The largest absolute Gasteiger partial charge is 0.353 e. The van der Waals surface area contributed by atoms with Crippen LogP contribution in [0.4, 0.5) is 11.4 Å². The predicted octanol–water partition coefficient (Wildman–Crippen LogP) is 2.06. The number of hydrogen-bond donors (Lipinski definition) is 3. The molecule has 1 aromatic rings. The fourth-order valence-corrected chi connectivity index (χ4v) is 3.51. The molecule has 2 heterocycles. The van der Waals surface area contributed by atoms with Gasteiger partial charge in [0, 0.05) is 18.4 Å². The van der Waals surface area contributed by atoms with Crippen LogP contribution in [-0.2, 0) is 20.8 Å². The number of rotatable bonds is 4. The van der Waals surface area contributed by atoms with Crippen molar-refractivity contribution in [1.29, 1.82) is 0 Å². The van der Waals surface area contributed by atoms with E-state index in [9.17, 15) is 14.4 Å². The van der Waals surface area contributed by atoms with E-state index in [1.807, 2.05) is 12.1 Å². The second-order valence-electron chi connectivity index (χ2n) is 7.08. The molecule has 0 saturated carbocycles. The van der Waals surface area contributed by atoms with Gasteiger partial charge in [0.2, 0.25) is 17.7 Å². The highest BCUT2D eigenvalue weighted by atomic mass is 16.2. The summed E-state index contributed by atoms with van der Waals surface area (Å²) >= 11 is 0. The molecule has 3 amide bonds. The summed E-state index contributed by atoms with van der Waals surface area (Å²) in [7, 11) is 0. The summed E-state index contributed by atoms with van der Waals surface area (Å²) in [6, 6.07) is 5.51. The second-order valence-corrected chi connectivity index (χ2v) is 7.08. The van der Waals surface area contributed by atoms with Crippen molar-refractivity contribution in [3.8, 4) is 0 Å². The minimum atomic E-state index is -0.338. The minimum Gasteiger partial charge on any atom is -0.353 e. The van der Waals surface area contributed by atoms with Gasteiger partial charge in [0.1, 0.15) is 0 Å². The number of para-hydroxylation sites is 1. The predicted molar refractivity (Wildman–Crippen MR) is 91.5 cm³/mol. The van der Waals surface area contributed by atoms with Crippen LogP contribution < -0.4 is 16.0 Å². The average molecular weight is 329 g/mol. The van der Waals surface area contributed by atoms with Crippen LogP contribution in [0.15, 0.2) is 18.2 Å². The van der Waals surface area contributed by atoms with Crippen molar-refractivity contribution in [3.63, 3.8) is 0 Å². The van der Waals surface area contributed by atoms with E-state index in [4.69, 9.17) is 0 Å². The molecule has 0 bridgehead atoms. The number of amides is 3. The Morgan fingerprint density at radius 1 is 1.29 bits per heavy atom. The molecule has 1 fully saturated rings. The zero-order valence-corrected chi connectivity index (χ0v) is 14.0. The number of carbonyl (C=O) groups excluding carboxylic acids is 3. The van der Waals surface area contributed by atoms with E-state index < -0.39 is 0 Å². The van der Waals surface area contributed by atoms with Crippen molar-refractivity contribution in [3.05, 3.63) is 23.8 Å². The lowest BCUT2D eigenvalue weighted by Gasteiger charge is -2.30. The van der Waals surface area contributed by atoms with Crippen LogP contribution in [0.25, 0.3) is 0 Å². The molecular weight excluding hydrogens is 306 g/mol. The molecule has 0 spiro atoms. The lowest BCUT2D eigenvalue weighted by Crippen LogP contribution is -2.46. The maximum atomic E-state index is 12.6. The Kier molecular flexibility index (Phi) is 4.55. The molecule has 6 nitrogen and oxygen atoms in total. The first kappa shape index (κ1) is 16.5. The zero-order valence-electron chi connectivity index (χ0n) is 14.0. The maximum absolute atomic E-state index is 12.6. The van der Waals surface area contributed by atoms with Gasteiger partial charge in [-0.2, -0.15) is 0 Å². The summed E-state index contributed by atoms with van der Waals surface area (Å²) in [4.78, 5) is 36.1. The first-order chi connectivity index (χ1) is 11.4. The van der Waals surface area contributed by atoms with E-state index in [0.717, 1.165) is 12.0 Å². The second kappa shape index (κ2) is 6.63. The third-order valence-electron chi connectivity index (χ3n) is 4.52. The van der Waals surface area contributed by atoms with Crippen LogP contribution in [0.2, 0.25) is 0 Å². The Hall–Kier alpha value is -2.37. The van der Waals surface area contributed by atoms with Gasteiger partial charge in [-0.1, -0.05) is 26.0 Å². The van der Waals surface area contributed by atoms with Crippen molar-refractivity contribution >= 4 is 29.1 Å². The molecule has 2 unspecified atom stereocenters. The Bertz CT molecular complexity index is 684. The lowest BCUT2D eigenvalue weighted by atomic mass is 9.87. The van der Waals surface area contributed by atoms with Crippen molar-refractivity contribution < 1.29 is 14.4 Å². The van der Waals surface area contributed by atoms with Crippen LogP contribution in [0.5, 0.6) is 0 Å². The highest BCUT2D eigenvalue weighted by Crippen LogP contribution is 2.32. The number of nitrogens with one attached hydrogen (secondary N) is 3. The smallest absolute Gasteiger partial charge is 0.228 e. The summed E-state index contributed by atoms with van der Waals surface area (Å²) in [5, 5.41) is 8.65. The molecule has 1 aromatic carbocycles. The molecule has 3 rings (SSSR count). The maximum Gasteiger partial charge on any atom is 0.228 e. The molecule has 24 heavy (non-hydrogen) atoms. The minimum absolute atomic E-state index is 0.0446. The topological polar surface area (TPSA) is 87.3 Å². The molecule has 0 aliphatic carbocycles. The van der Waals surface area contributed by atoms with Crippen LogP contribution in [0.1, 0.15) is 38.7 Å². The lowest BCUT2D eigenvalue weighted by molar-refractivity contribution is -0.131. The van der Waals surface area contributed by atoms with Gasteiger partial charge in [0.25, 0.3) is 0 Å². The summed E-state index contributed by atoms with van der Waals surface area (Å²) < 4.78 is 0. The van der Waals surface area contributed by atoms with E-state index in [2.05, 4.69) is 29.8 Å². The highest BCUT2D eigenvalue weighted by molar-refractivity contribution is 6.06. The molecule has 2 atom stereocenters. The molecule has 1 saturated heterocycles. The van der Waals surface area contributed by atoms with Crippen molar-refractivity contribution in [2.24, 2.45) is 11.8 Å². The first-order valence-electron chi connectivity index (χ1n) is 8.44. The van der Waals surface area contributed by atoms with Gasteiger partial charge in [-0.15, -0.1) is 0 Å². The third kappa shape index (κ3) is 3.58. The van der Waals surface area contributed by atoms with E-state index in [0.29, 0.717) is 30.1 Å². The number of hydrogen-bond acceptors (Lipinski definition) is 3.